The summed E-state index contributed by atoms with van der Waals surface area (Å²) in [6.07, 6.45) is 6.53. The van der Waals surface area contributed by atoms with Crippen molar-refractivity contribution in [3.05, 3.63) is 95.9 Å². The zero-order chi connectivity index (χ0) is 24.0. The van der Waals surface area contributed by atoms with Crippen LogP contribution in [-0.4, -0.2) is 33.0 Å². The third-order valence-electron chi connectivity index (χ3n) is 6.05. The van der Waals surface area contributed by atoms with E-state index in [1.54, 1.807) is 12.1 Å². The van der Waals surface area contributed by atoms with Crippen LogP contribution >= 0.6 is 0 Å². The third kappa shape index (κ3) is 6.12. The first-order valence-corrected chi connectivity index (χ1v) is 12.0. The van der Waals surface area contributed by atoms with E-state index in [0.717, 1.165) is 49.3 Å². The number of rotatable bonds is 9. The van der Waals surface area contributed by atoms with Crippen LogP contribution in [0.3, 0.4) is 0 Å². The summed E-state index contributed by atoms with van der Waals surface area (Å²) in [6.45, 7) is 8.56. The van der Waals surface area contributed by atoms with Gasteiger partial charge < -0.3 is 10.4 Å². The van der Waals surface area contributed by atoms with Gasteiger partial charge in [-0.2, -0.15) is 5.10 Å². The zero-order valence-electron chi connectivity index (χ0n) is 20.3. The van der Waals surface area contributed by atoms with E-state index in [1.165, 1.54) is 16.8 Å². The van der Waals surface area contributed by atoms with Crippen molar-refractivity contribution in [2.75, 3.05) is 13.1 Å². The summed E-state index contributed by atoms with van der Waals surface area (Å²) in [5, 5.41) is 17.9. The van der Waals surface area contributed by atoms with Gasteiger partial charge in [0.2, 0.25) is 0 Å². The summed E-state index contributed by atoms with van der Waals surface area (Å²) in [5.74, 6) is 0.313. The molecule has 0 amide bonds. The molecule has 0 bridgehead atoms. The van der Waals surface area contributed by atoms with Crippen LogP contribution in [0.25, 0.3) is 16.9 Å². The molecule has 176 valence electrons. The molecule has 0 saturated heterocycles. The maximum atomic E-state index is 9.41. The number of pyridine rings is 1. The first-order chi connectivity index (χ1) is 16.4. The van der Waals surface area contributed by atoms with Crippen LogP contribution in [-0.2, 0) is 18.3 Å². The maximum Gasteiger partial charge on any atom is 0.115 e. The molecule has 4 aromatic rings. The smallest absolute Gasteiger partial charge is 0.115 e. The molecule has 0 fully saturated rings. The highest BCUT2D eigenvalue weighted by molar-refractivity contribution is 5.59. The van der Waals surface area contributed by atoms with E-state index in [9.17, 15) is 5.11 Å². The molecule has 4 rings (SSSR count). The molecule has 0 unspecified atom stereocenters. The lowest BCUT2D eigenvalue weighted by molar-refractivity contribution is 0.475. The second-order valence-electron chi connectivity index (χ2n) is 9.74. The van der Waals surface area contributed by atoms with Gasteiger partial charge in [0.05, 0.1) is 11.4 Å². The minimum atomic E-state index is 0.124. The van der Waals surface area contributed by atoms with E-state index in [1.807, 2.05) is 36.7 Å². The molecule has 0 atom stereocenters. The Balaban J connectivity index is 1.42. The number of hydrogen-bond acceptors (Lipinski definition) is 4. The number of phenols is 1. The molecule has 0 radical (unpaired) electrons. The molecule has 2 heterocycles. The van der Waals surface area contributed by atoms with Crippen LogP contribution in [0.2, 0.25) is 0 Å². The molecule has 0 spiro atoms. The summed E-state index contributed by atoms with van der Waals surface area (Å²) in [6, 6.07) is 22.4. The summed E-state index contributed by atoms with van der Waals surface area (Å²) in [4.78, 5) is 4.14. The van der Waals surface area contributed by atoms with Crippen LogP contribution < -0.4 is 5.32 Å². The van der Waals surface area contributed by atoms with Crippen LogP contribution in [0, 0.1) is 0 Å². The number of aromatic nitrogens is 3. The van der Waals surface area contributed by atoms with Gasteiger partial charge in [-0.3, -0.25) is 4.98 Å². The zero-order valence-corrected chi connectivity index (χ0v) is 20.3. The predicted octanol–water partition coefficient (Wildman–Crippen LogP) is 5.70. The number of nitrogens with zero attached hydrogens (tertiary/aromatic N) is 3. The van der Waals surface area contributed by atoms with Gasteiger partial charge in [0, 0.05) is 23.7 Å². The largest absolute Gasteiger partial charge is 0.508 e. The first kappa shape index (κ1) is 23.7. The number of nitrogens with one attached hydrogen (secondary N) is 1. The fourth-order valence-electron chi connectivity index (χ4n) is 4.00. The molecule has 0 aliphatic rings. The topological polar surface area (TPSA) is 63.0 Å². The van der Waals surface area contributed by atoms with Crippen molar-refractivity contribution >= 4 is 0 Å². The SMILES string of the molecule is CC(C)(C)c1ccc(-n2nc(-c3ccncc3)cc2CCCNCCc2ccc(O)cc2)cc1. The average Bonchev–Trinajstić information content (AvgIpc) is 3.27. The average molecular weight is 455 g/mol. The van der Waals surface area contributed by atoms with Crippen molar-refractivity contribution < 1.29 is 5.11 Å². The van der Waals surface area contributed by atoms with Crippen molar-refractivity contribution in [1.29, 1.82) is 0 Å². The second-order valence-corrected chi connectivity index (χ2v) is 9.74. The van der Waals surface area contributed by atoms with E-state index in [2.05, 4.69) is 66.1 Å². The molecule has 5 nitrogen and oxygen atoms in total. The molecular weight excluding hydrogens is 420 g/mol. The maximum absolute atomic E-state index is 9.41. The summed E-state index contributed by atoms with van der Waals surface area (Å²) >= 11 is 0. The Hall–Kier alpha value is -3.44. The van der Waals surface area contributed by atoms with Crippen LogP contribution in [0.4, 0.5) is 0 Å². The second kappa shape index (κ2) is 10.7. The Morgan fingerprint density at radius 3 is 2.24 bits per heavy atom. The minimum Gasteiger partial charge on any atom is -0.508 e. The third-order valence-corrected chi connectivity index (χ3v) is 6.05. The number of phenolic OH excluding ortho intramolecular Hbond substituents is 1. The molecule has 5 heteroatoms. The van der Waals surface area contributed by atoms with Crippen LogP contribution in [0.1, 0.15) is 44.0 Å². The fraction of sp³-hybridized carbons (Fsp3) is 0.310. The van der Waals surface area contributed by atoms with Crippen molar-refractivity contribution in [3.63, 3.8) is 0 Å². The molecule has 0 aliphatic heterocycles. The Labute approximate surface area is 202 Å². The standard InChI is InChI=1S/C29H34N4O/c1-29(2,3)24-8-10-25(11-9-24)33-26(21-28(32-33)23-15-19-31-20-16-23)5-4-17-30-18-14-22-6-12-27(34)13-7-22/h6-13,15-16,19-21,30,34H,4-5,14,17-18H2,1-3H3. The Morgan fingerprint density at radius 1 is 0.853 bits per heavy atom. The van der Waals surface area contributed by atoms with E-state index >= 15 is 0 Å². The van der Waals surface area contributed by atoms with Gasteiger partial charge in [-0.05, 0) is 91.4 Å². The Kier molecular flexibility index (Phi) is 7.43. The first-order valence-electron chi connectivity index (χ1n) is 12.0. The van der Waals surface area contributed by atoms with Crippen molar-refractivity contribution in [2.45, 2.75) is 45.4 Å². The van der Waals surface area contributed by atoms with Crippen LogP contribution in [0.5, 0.6) is 5.75 Å². The summed E-state index contributed by atoms with van der Waals surface area (Å²) in [7, 11) is 0. The van der Waals surface area contributed by atoms with Crippen molar-refractivity contribution in [1.82, 2.24) is 20.1 Å². The Morgan fingerprint density at radius 2 is 1.56 bits per heavy atom. The number of hydrogen-bond donors (Lipinski definition) is 2. The molecule has 2 aromatic heterocycles. The van der Waals surface area contributed by atoms with Crippen LogP contribution in [0.15, 0.2) is 79.1 Å². The summed E-state index contributed by atoms with van der Waals surface area (Å²) < 4.78 is 2.08. The fourth-order valence-corrected chi connectivity index (χ4v) is 4.00. The lowest BCUT2D eigenvalue weighted by Gasteiger charge is -2.19. The highest BCUT2D eigenvalue weighted by Crippen LogP contribution is 2.26. The van der Waals surface area contributed by atoms with Gasteiger partial charge in [-0.15, -0.1) is 0 Å². The Bertz CT molecular complexity index is 1170. The predicted molar refractivity (Wildman–Crippen MR) is 138 cm³/mol. The number of benzene rings is 2. The van der Waals surface area contributed by atoms with Gasteiger partial charge in [-0.1, -0.05) is 45.0 Å². The van der Waals surface area contributed by atoms with Crippen molar-refractivity contribution in [3.8, 4) is 22.7 Å². The van der Waals surface area contributed by atoms with E-state index in [-0.39, 0.29) is 5.41 Å². The highest BCUT2D eigenvalue weighted by Gasteiger charge is 2.15. The lowest BCUT2D eigenvalue weighted by Crippen LogP contribution is -2.19. The van der Waals surface area contributed by atoms with Gasteiger partial charge in [-0.25, -0.2) is 4.68 Å². The monoisotopic (exact) mass is 454 g/mol. The normalized spacial score (nSPS) is 11.6. The quantitative estimate of drug-likeness (QED) is 0.318. The van der Waals surface area contributed by atoms with Gasteiger partial charge in [0.15, 0.2) is 0 Å². The molecule has 2 N–H and O–H groups in total. The number of aromatic hydroxyl groups is 1. The highest BCUT2D eigenvalue weighted by atomic mass is 16.3. The van der Waals surface area contributed by atoms with E-state index < -0.39 is 0 Å². The molecule has 0 aliphatic carbocycles. The molecular formula is C29H34N4O. The van der Waals surface area contributed by atoms with Gasteiger partial charge >= 0.3 is 0 Å². The molecule has 34 heavy (non-hydrogen) atoms. The van der Waals surface area contributed by atoms with E-state index in [4.69, 9.17) is 5.10 Å². The number of aryl methyl sites for hydroxylation is 1. The molecule has 0 saturated carbocycles. The van der Waals surface area contributed by atoms with Gasteiger partial charge in [0.25, 0.3) is 0 Å². The summed E-state index contributed by atoms with van der Waals surface area (Å²) in [5.41, 5.74) is 7.01. The van der Waals surface area contributed by atoms with Crippen molar-refractivity contribution in [2.24, 2.45) is 0 Å². The minimum absolute atomic E-state index is 0.124. The lowest BCUT2D eigenvalue weighted by atomic mass is 9.87. The molecule has 2 aromatic carbocycles. The van der Waals surface area contributed by atoms with E-state index in [0.29, 0.717) is 5.75 Å². The van der Waals surface area contributed by atoms with Gasteiger partial charge in [0.1, 0.15) is 5.75 Å².